The minimum atomic E-state index is -1.16. The van der Waals surface area contributed by atoms with Gasteiger partial charge in [-0.1, -0.05) is 29.8 Å². The Labute approximate surface area is 121 Å². The van der Waals surface area contributed by atoms with E-state index in [9.17, 15) is 13.2 Å². The lowest BCUT2D eigenvalue weighted by Gasteiger charge is -2.37. The fraction of sp³-hybridized carbons (Fsp3) is 0.294. The summed E-state index contributed by atoms with van der Waals surface area (Å²) in [6.07, 6.45) is 1.67. The molecule has 1 saturated carbocycles. The maximum absolute atomic E-state index is 13.6. The minimum absolute atomic E-state index is 0.0474. The predicted molar refractivity (Wildman–Crippen MR) is 76.9 cm³/mol. The summed E-state index contributed by atoms with van der Waals surface area (Å²) in [4.78, 5) is 0. The van der Waals surface area contributed by atoms with Gasteiger partial charge in [0.25, 0.3) is 0 Å². The molecule has 0 aliphatic heterocycles. The summed E-state index contributed by atoms with van der Waals surface area (Å²) in [6, 6.07) is 9.89. The van der Waals surface area contributed by atoms with Crippen LogP contribution in [0.5, 0.6) is 0 Å². The molecule has 0 atom stereocenters. The summed E-state index contributed by atoms with van der Waals surface area (Å²) in [5, 5.41) is 2.89. The average molecular weight is 291 g/mol. The van der Waals surface area contributed by atoms with Crippen molar-refractivity contribution in [2.24, 2.45) is 0 Å². The van der Waals surface area contributed by atoms with E-state index in [4.69, 9.17) is 0 Å². The molecule has 110 valence electrons. The lowest BCUT2D eigenvalue weighted by atomic mass is 9.75. The van der Waals surface area contributed by atoms with Gasteiger partial charge in [0.15, 0.2) is 11.6 Å². The van der Waals surface area contributed by atoms with E-state index in [0.717, 1.165) is 18.9 Å². The van der Waals surface area contributed by atoms with Gasteiger partial charge >= 0.3 is 0 Å². The summed E-state index contributed by atoms with van der Waals surface area (Å²) in [5.74, 6) is -2.53. The summed E-state index contributed by atoms with van der Waals surface area (Å²) >= 11 is 0. The molecule has 21 heavy (non-hydrogen) atoms. The van der Waals surface area contributed by atoms with Crippen molar-refractivity contribution < 1.29 is 13.2 Å². The summed E-state index contributed by atoms with van der Waals surface area (Å²) in [7, 11) is 0. The summed E-state index contributed by atoms with van der Waals surface area (Å²) in [6.45, 7) is 2.04. The zero-order chi connectivity index (χ0) is 15.0. The molecule has 0 heterocycles. The zero-order valence-corrected chi connectivity index (χ0v) is 11.7. The van der Waals surface area contributed by atoms with E-state index in [2.05, 4.69) is 17.4 Å². The van der Waals surface area contributed by atoms with Crippen molar-refractivity contribution in [2.75, 3.05) is 5.32 Å². The van der Waals surface area contributed by atoms with Crippen molar-refractivity contribution in [3.05, 3.63) is 65.0 Å². The average Bonchev–Trinajstić information content (AvgIpc) is 2.38. The third-order valence-electron chi connectivity index (χ3n) is 4.00. The fourth-order valence-corrected chi connectivity index (χ4v) is 2.81. The van der Waals surface area contributed by atoms with E-state index in [1.807, 2.05) is 19.1 Å². The molecule has 0 aromatic heterocycles. The molecular weight excluding hydrogens is 275 g/mol. The van der Waals surface area contributed by atoms with Gasteiger partial charge in [-0.2, -0.15) is 0 Å². The largest absolute Gasteiger partial charge is 0.380 e. The van der Waals surface area contributed by atoms with Crippen LogP contribution in [0.4, 0.5) is 18.9 Å². The smallest absolute Gasteiger partial charge is 0.182 e. The van der Waals surface area contributed by atoms with Crippen molar-refractivity contribution in [1.82, 2.24) is 0 Å². The number of halogens is 3. The van der Waals surface area contributed by atoms with Gasteiger partial charge in [-0.15, -0.1) is 0 Å². The number of anilines is 1. The molecule has 0 unspecified atom stereocenters. The molecule has 0 radical (unpaired) electrons. The molecule has 0 spiro atoms. The van der Waals surface area contributed by atoms with Crippen LogP contribution in [-0.4, -0.2) is 6.04 Å². The van der Waals surface area contributed by atoms with E-state index in [0.29, 0.717) is 12.0 Å². The van der Waals surface area contributed by atoms with Crippen LogP contribution in [0.1, 0.15) is 29.9 Å². The molecule has 1 aliphatic carbocycles. The van der Waals surface area contributed by atoms with Crippen LogP contribution in [0.25, 0.3) is 0 Å². The molecular formula is C17H16F3N. The van der Waals surface area contributed by atoms with Crippen molar-refractivity contribution >= 4 is 5.69 Å². The normalized spacial score (nSPS) is 21.0. The standard InChI is InChI=1S/C17H16F3N/c1-10-3-2-4-11(5-10)12-6-14(7-12)21-16-9-13(18)8-15(19)17(16)20/h2-5,8-9,12,14,21H,6-7H2,1H3. The molecule has 0 bridgehead atoms. The van der Waals surface area contributed by atoms with Gasteiger partial charge in [-0.3, -0.25) is 0 Å². The lowest BCUT2D eigenvalue weighted by molar-refractivity contribution is 0.371. The second-order valence-corrected chi connectivity index (χ2v) is 5.67. The topological polar surface area (TPSA) is 12.0 Å². The summed E-state index contributed by atoms with van der Waals surface area (Å²) < 4.78 is 39.8. The number of nitrogens with one attached hydrogen (secondary N) is 1. The minimum Gasteiger partial charge on any atom is -0.380 e. The fourth-order valence-electron chi connectivity index (χ4n) is 2.81. The van der Waals surface area contributed by atoms with Gasteiger partial charge in [-0.25, -0.2) is 13.2 Å². The van der Waals surface area contributed by atoms with Gasteiger partial charge in [-0.05, 0) is 31.2 Å². The monoisotopic (exact) mass is 291 g/mol. The van der Waals surface area contributed by atoms with Crippen molar-refractivity contribution in [2.45, 2.75) is 31.7 Å². The zero-order valence-electron chi connectivity index (χ0n) is 11.7. The van der Waals surface area contributed by atoms with Crippen molar-refractivity contribution in [1.29, 1.82) is 0 Å². The third-order valence-corrected chi connectivity index (χ3v) is 4.00. The maximum atomic E-state index is 13.6. The van der Waals surface area contributed by atoms with E-state index >= 15 is 0 Å². The lowest BCUT2D eigenvalue weighted by Crippen LogP contribution is -2.34. The second kappa shape index (κ2) is 5.43. The molecule has 1 N–H and O–H groups in total. The van der Waals surface area contributed by atoms with Gasteiger partial charge < -0.3 is 5.32 Å². The van der Waals surface area contributed by atoms with Crippen LogP contribution in [0.15, 0.2) is 36.4 Å². The van der Waals surface area contributed by atoms with E-state index < -0.39 is 17.5 Å². The van der Waals surface area contributed by atoms with Crippen LogP contribution in [-0.2, 0) is 0 Å². The molecule has 2 aromatic rings. The number of hydrogen-bond acceptors (Lipinski definition) is 1. The quantitative estimate of drug-likeness (QED) is 0.803. The highest BCUT2D eigenvalue weighted by Gasteiger charge is 2.31. The Morgan fingerprint density at radius 2 is 1.81 bits per heavy atom. The maximum Gasteiger partial charge on any atom is 0.182 e. The molecule has 0 saturated heterocycles. The third kappa shape index (κ3) is 2.89. The van der Waals surface area contributed by atoms with Crippen LogP contribution in [0.3, 0.4) is 0 Å². The molecule has 4 heteroatoms. The SMILES string of the molecule is Cc1cccc(C2CC(Nc3cc(F)cc(F)c3F)C2)c1. The number of aryl methyl sites for hydroxylation is 1. The Morgan fingerprint density at radius 1 is 1.05 bits per heavy atom. The first-order chi connectivity index (χ1) is 10.0. The van der Waals surface area contributed by atoms with Gasteiger partial charge in [0.1, 0.15) is 5.82 Å². The first-order valence-electron chi connectivity index (χ1n) is 7.00. The Hall–Kier alpha value is -1.97. The van der Waals surface area contributed by atoms with Crippen LogP contribution >= 0.6 is 0 Å². The first-order valence-corrected chi connectivity index (χ1v) is 7.00. The van der Waals surface area contributed by atoms with Crippen LogP contribution < -0.4 is 5.32 Å². The number of benzene rings is 2. The number of rotatable bonds is 3. The van der Waals surface area contributed by atoms with Gasteiger partial charge in [0.05, 0.1) is 5.69 Å². The van der Waals surface area contributed by atoms with Crippen LogP contribution in [0, 0.1) is 24.4 Å². The molecule has 1 fully saturated rings. The highest BCUT2D eigenvalue weighted by Crippen LogP contribution is 2.39. The van der Waals surface area contributed by atoms with Crippen molar-refractivity contribution in [3.8, 4) is 0 Å². The van der Waals surface area contributed by atoms with Crippen molar-refractivity contribution in [3.63, 3.8) is 0 Å². The Kier molecular flexibility index (Phi) is 3.62. The highest BCUT2D eigenvalue weighted by atomic mass is 19.2. The molecule has 1 nitrogen and oxygen atoms in total. The molecule has 2 aromatic carbocycles. The second-order valence-electron chi connectivity index (χ2n) is 5.67. The van der Waals surface area contributed by atoms with E-state index in [-0.39, 0.29) is 11.7 Å². The Morgan fingerprint density at radius 3 is 2.52 bits per heavy atom. The van der Waals surface area contributed by atoms with E-state index in [1.54, 1.807) is 0 Å². The molecule has 0 amide bonds. The van der Waals surface area contributed by atoms with Crippen LogP contribution in [0.2, 0.25) is 0 Å². The molecule has 1 aliphatic rings. The Balaban J connectivity index is 1.65. The summed E-state index contributed by atoms with van der Waals surface area (Å²) in [5.41, 5.74) is 2.38. The first kappa shape index (κ1) is 14.0. The van der Waals surface area contributed by atoms with Gasteiger partial charge in [0.2, 0.25) is 0 Å². The predicted octanol–water partition coefficient (Wildman–Crippen LogP) is 4.77. The molecule has 3 rings (SSSR count). The number of hydrogen-bond donors (Lipinski definition) is 1. The highest BCUT2D eigenvalue weighted by molar-refractivity contribution is 5.47. The van der Waals surface area contributed by atoms with E-state index in [1.165, 1.54) is 11.1 Å². The van der Waals surface area contributed by atoms with Gasteiger partial charge in [0, 0.05) is 18.2 Å². The Bertz CT molecular complexity index is 663.